The number of ether oxygens (including phenoxy) is 2. The molecule has 0 radical (unpaired) electrons. The molecule has 28 heavy (non-hydrogen) atoms. The number of morpholine rings is 1. The Morgan fingerprint density at radius 2 is 1.79 bits per heavy atom. The molecule has 1 amide bonds. The van der Waals surface area contributed by atoms with Crippen LogP contribution >= 0.6 is 24.0 Å². The number of hydrogen-bond donors (Lipinski definition) is 1. The second kappa shape index (κ2) is 12.8. The summed E-state index contributed by atoms with van der Waals surface area (Å²) in [5.41, 5.74) is 0. The smallest absolute Gasteiger partial charge is 0.251 e. The van der Waals surface area contributed by atoms with Crippen molar-refractivity contribution in [3.05, 3.63) is 0 Å². The molecule has 0 saturated carbocycles. The first-order chi connectivity index (χ1) is 13.3. The molecule has 8 nitrogen and oxygen atoms in total. The van der Waals surface area contributed by atoms with Crippen LogP contribution in [0.3, 0.4) is 0 Å². The van der Waals surface area contributed by atoms with Crippen molar-refractivity contribution in [2.45, 2.75) is 32.3 Å². The van der Waals surface area contributed by atoms with Gasteiger partial charge in [-0.1, -0.05) is 0 Å². The van der Waals surface area contributed by atoms with Gasteiger partial charge in [0.2, 0.25) is 0 Å². The maximum Gasteiger partial charge on any atom is 0.251 e. The highest BCUT2D eigenvalue weighted by atomic mass is 127. The van der Waals surface area contributed by atoms with Crippen molar-refractivity contribution in [3.63, 3.8) is 0 Å². The number of hydrogen-bond acceptors (Lipinski definition) is 5. The normalized spacial score (nSPS) is 24.2. The third-order valence-corrected chi connectivity index (χ3v) is 5.43. The fourth-order valence-corrected chi connectivity index (χ4v) is 3.84. The molecule has 0 aromatic heterocycles. The summed E-state index contributed by atoms with van der Waals surface area (Å²) in [6, 6.07) is 0. The topological polar surface area (TPSA) is 69.6 Å². The number of aliphatic imine (C=N–C) groups is 1. The number of piperazine rings is 1. The summed E-state index contributed by atoms with van der Waals surface area (Å²) in [6.45, 7) is 12.5. The molecule has 0 aliphatic carbocycles. The van der Waals surface area contributed by atoms with Crippen LogP contribution in [-0.2, 0) is 14.3 Å². The van der Waals surface area contributed by atoms with E-state index in [0.29, 0.717) is 0 Å². The number of nitrogens with zero attached hydrogens (tertiary/aromatic N) is 4. The second-order valence-corrected chi connectivity index (χ2v) is 7.36. The average molecular weight is 509 g/mol. The third kappa shape index (κ3) is 7.00. The van der Waals surface area contributed by atoms with Crippen LogP contribution in [0, 0.1) is 0 Å². The molecule has 0 bridgehead atoms. The van der Waals surface area contributed by atoms with Crippen LogP contribution in [0.15, 0.2) is 4.99 Å². The first-order valence-corrected chi connectivity index (χ1v) is 10.5. The number of nitrogens with one attached hydrogen (secondary N) is 1. The average Bonchev–Trinajstić information content (AvgIpc) is 3.26. The van der Waals surface area contributed by atoms with E-state index >= 15 is 0 Å². The second-order valence-electron chi connectivity index (χ2n) is 7.36. The lowest BCUT2D eigenvalue weighted by Gasteiger charge is -2.37. The Kier molecular flexibility index (Phi) is 10.8. The Labute approximate surface area is 186 Å². The molecule has 3 aliphatic heterocycles. The fraction of sp³-hybridized carbons (Fsp3) is 0.895. The predicted octanol–water partition coefficient (Wildman–Crippen LogP) is 0.615. The largest absolute Gasteiger partial charge is 0.379 e. The van der Waals surface area contributed by atoms with Gasteiger partial charge in [-0.15, -0.1) is 24.0 Å². The minimum absolute atomic E-state index is 0. The van der Waals surface area contributed by atoms with Crippen molar-refractivity contribution in [2.75, 3.05) is 78.7 Å². The van der Waals surface area contributed by atoms with Crippen LogP contribution in [0.5, 0.6) is 0 Å². The van der Waals surface area contributed by atoms with E-state index < -0.39 is 0 Å². The lowest BCUT2D eigenvalue weighted by molar-refractivity contribution is -0.142. The van der Waals surface area contributed by atoms with Gasteiger partial charge in [0, 0.05) is 65.5 Å². The third-order valence-electron chi connectivity index (χ3n) is 5.43. The number of guanidine groups is 1. The molecule has 3 saturated heterocycles. The molecule has 0 aromatic rings. The summed E-state index contributed by atoms with van der Waals surface area (Å²) >= 11 is 0. The van der Waals surface area contributed by atoms with Gasteiger partial charge in [0.15, 0.2) is 5.96 Å². The van der Waals surface area contributed by atoms with Crippen LogP contribution in [0.1, 0.15) is 26.2 Å². The minimum Gasteiger partial charge on any atom is -0.379 e. The van der Waals surface area contributed by atoms with Gasteiger partial charge in [0.25, 0.3) is 5.91 Å². The van der Waals surface area contributed by atoms with E-state index in [1.807, 2.05) is 4.90 Å². The Hall–Kier alpha value is -0.650. The lowest BCUT2D eigenvalue weighted by Crippen LogP contribution is -2.55. The standard InChI is InChI=1S/C19H35N5O3.HI/c1-2-20-19(21-6-4-7-22-12-15-26-16-13-22)24-10-8-23(9-11-24)18(25)17-5-3-14-27-17;/h17H,2-16H2,1H3,(H,20,21);1H. The first-order valence-electron chi connectivity index (χ1n) is 10.5. The molecule has 1 N–H and O–H groups in total. The first kappa shape index (κ1) is 23.6. The van der Waals surface area contributed by atoms with Gasteiger partial charge in [-0.2, -0.15) is 0 Å². The quantitative estimate of drug-likeness (QED) is 0.245. The lowest BCUT2D eigenvalue weighted by atomic mass is 10.2. The number of halogens is 1. The van der Waals surface area contributed by atoms with E-state index in [4.69, 9.17) is 14.5 Å². The van der Waals surface area contributed by atoms with Crippen LogP contribution in [0.25, 0.3) is 0 Å². The molecule has 162 valence electrons. The fourth-order valence-electron chi connectivity index (χ4n) is 3.84. The molecule has 1 unspecified atom stereocenters. The highest BCUT2D eigenvalue weighted by Crippen LogP contribution is 2.16. The number of carbonyl (C=O) groups excluding carboxylic acids is 1. The maximum absolute atomic E-state index is 12.5. The van der Waals surface area contributed by atoms with Crippen LogP contribution in [0.2, 0.25) is 0 Å². The molecule has 9 heteroatoms. The van der Waals surface area contributed by atoms with Gasteiger partial charge in [0.1, 0.15) is 6.10 Å². The van der Waals surface area contributed by atoms with E-state index in [2.05, 4.69) is 22.0 Å². The molecule has 3 fully saturated rings. The van der Waals surface area contributed by atoms with Gasteiger partial charge >= 0.3 is 0 Å². The highest BCUT2D eigenvalue weighted by molar-refractivity contribution is 14.0. The van der Waals surface area contributed by atoms with Crippen molar-refractivity contribution in [2.24, 2.45) is 4.99 Å². The van der Waals surface area contributed by atoms with E-state index in [1.54, 1.807) is 0 Å². The number of amides is 1. The minimum atomic E-state index is -0.210. The summed E-state index contributed by atoms with van der Waals surface area (Å²) in [4.78, 5) is 24.0. The Morgan fingerprint density at radius 3 is 2.43 bits per heavy atom. The SMILES string of the molecule is CCNC(=NCCCN1CCOCC1)N1CCN(C(=O)C2CCCO2)CC1.I. The van der Waals surface area contributed by atoms with Crippen LogP contribution < -0.4 is 5.32 Å². The van der Waals surface area contributed by atoms with Crippen molar-refractivity contribution >= 4 is 35.8 Å². The van der Waals surface area contributed by atoms with Crippen LogP contribution in [-0.4, -0.2) is 111 Å². The van der Waals surface area contributed by atoms with Gasteiger partial charge in [-0.25, -0.2) is 0 Å². The summed E-state index contributed by atoms with van der Waals surface area (Å²) in [5, 5.41) is 3.40. The molecule has 3 aliphatic rings. The van der Waals surface area contributed by atoms with Crippen molar-refractivity contribution in [1.82, 2.24) is 20.0 Å². The zero-order chi connectivity index (χ0) is 18.9. The van der Waals surface area contributed by atoms with E-state index in [0.717, 1.165) is 104 Å². The van der Waals surface area contributed by atoms with Gasteiger partial charge < -0.3 is 24.6 Å². The van der Waals surface area contributed by atoms with Crippen molar-refractivity contribution < 1.29 is 14.3 Å². The Bertz CT molecular complexity index is 488. The Balaban J connectivity index is 0.00000280. The molecular weight excluding hydrogens is 473 g/mol. The number of carbonyl (C=O) groups is 1. The summed E-state index contributed by atoms with van der Waals surface area (Å²) in [7, 11) is 0. The number of rotatable bonds is 6. The molecule has 0 spiro atoms. The Morgan fingerprint density at radius 1 is 1.07 bits per heavy atom. The van der Waals surface area contributed by atoms with Crippen molar-refractivity contribution in [1.29, 1.82) is 0 Å². The predicted molar refractivity (Wildman–Crippen MR) is 120 cm³/mol. The van der Waals surface area contributed by atoms with Gasteiger partial charge in [-0.3, -0.25) is 14.7 Å². The summed E-state index contributed by atoms with van der Waals surface area (Å²) < 4.78 is 10.9. The molecule has 1 atom stereocenters. The molecule has 3 heterocycles. The maximum atomic E-state index is 12.5. The van der Waals surface area contributed by atoms with E-state index in [1.165, 1.54) is 0 Å². The van der Waals surface area contributed by atoms with Gasteiger partial charge in [0.05, 0.1) is 13.2 Å². The van der Waals surface area contributed by atoms with Crippen LogP contribution in [0.4, 0.5) is 0 Å². The summed E-state index contributed by atoms with van der Waals surface area (Å²) in [5.74, 6) is 1.14. The zero-order valence-corrected chi connectivity index (χ0v) is 19.4. The molecular formula is C19H36IN5O3. The molecule has 3 rings (SSSR count). The highest BCUT2D eigenvalue weighted by Gasteiger charge is 2.30. The van der Waals surface area contributed by atoms with E-state index in [-0.39, 0.29) is 36.0 Å². The van der Waals surface area contributed by atoms with Gasteiger partial charge in [-0.05, 0) is 26.2 Å². The zero-order valence-electron chi connectivity index (χ0n) is 17.1. The van der Waals surface area contributed by atoms with E-state index in [9.17, 15) is 4.79 Å². The monoisotopic (exact) mass is 509 g/mol. The molecule has 0 aromatic carbocycles. The van der Waals surface area contributed by atoms with Crippen molar-refractivity contribution in [3.8, 4) is 0 Å². The summed E-state index contributed by atoms with van der Waals surface area (Å²) in [6.07, 6.45) is 2.72.